The Hall–Kier alpha value is -0.530. The third-order valence-corrected chi connectivity index (χ3v) is 2.22. The molecule has 0 atom stereocenters. The second-order valence-corrected chi connectivity index (χ2v) is 3.69. The lowest BCUT2D eigenvalue weighted by Gasteiger charge is -1.88. The van der Waals surface area contributed by atoms with E-state index >= 15 is 0 Å². The molecule has 0 radical (unpaired) electrons. The number of hydrogen-bond acceptors (Lipinski definition) is 1. The Kier molecular flexibility index (Phi) is 9.65. The number of benzene rings is 1. The van der Waals surface area contributed by atoms with Crippen molar-refractivity contribution in [3.8, 4) is 0 Å². The van der Waals surface area contributed by atoms with Crippen molar-refractivity contribution in [1.82, 2.24) is 5.32 Å². The average Bonchev–Trinajstić information content (AvgIpc) is 2.84. The second-order valence-electron chi connectivity index (χ2n) is 3.25. The van der Waals surface area contributed by atoms with Gasteiger partial charge in [-0.25, -0.2) is 0 Å². The van der Waals surface area contributed by atoms with E-state index in [4.69, 9.17) is 11.6 Å². The van der Waals surface area contributed by atoms with Gasteiger partial charge in [-0.15, -0.1) is 0 Å². The fraction of sp³-hybridized carbons (Fsp3) is 0.538. The highest BCUT2D eigenvalue weighted by Gasteiger charge is 1.93. The van der Waals surface area contributed by atoms with Crippen LogP contribution in [0.15, 0.2) is 24.3 Å². The summed E-state index contributed by atoms with van der Waals surface area (Å²) in [7, 11) is 0. The standard InChI is InChI=1S/C7H7Cl.C4H9N.C2H6/c1-6-2-4-7(8)5-3-6;1-2-4-5-3-1;1-2/h2-5H,1H3;5H,1-4H2;1-2H3. The van der Waals surface area contributed by atoms with E-state index in [1.807, 2.05) is 45.0 Å². The predicted octanol–water partition coefficient (Wildman–Crippen LogP) is 4.04. The number of halogens is 1. The molecule has 0 saturated carbocycles. The van der Waals surface area contributed by atoms with E-state index in [-0.39, 0.29) is 0 Å². The van der Waals surface area contributed by atoms with Gasteiger partial charge in [0.15, 0.2) is 0 Å². The first-order chi connectivity index (χ1) is 7.29. The zero-order chi connectivity index (χ0) is 11.5. The largest absolute Gasteiger partial charge is 0.317 e. The summed E-state index contributed by atoms with van der Waals surface area (Å²) in [4.78, 5) is 0. The summed E-state index contributed by atoms with van der Waals surface area (Å²) in [6.45, 7) is 8.54. The molecule has 1 aliphatic rings. The first-order valence-corrected chi connectivity index (χ1v) is 6.10. The van der Waals surface area contributed by atoms with Crippen LogP contribution in [0.25, 0.3) is 0 Å². The van der Waals surface area contributed by atoms with Crippen LogP contribution in [0.4, 0.5) is 0 Å². The number of hydrogen-bond donors (Lipinski definition) is 1. The monoisotopic (exact) mass is 227 g/mol. The van der Waals surface area contributed by atoms with Crippen LogP contribution in [-0.2, 0) is 0 Å². The lowest BCUT2D eigenvalue weighted by atomic mass is 10.2. The van der Waals surface area contributed by atoms with Crippen molar-refractivity contribution in [3.05, 3.63) is 34.9 Å². The molecular formula is C13H22ClN. The lowest BCUT2D eigenvalue weighted by Crippen LogP contribution is -2.03. The van der Waals surface area contributed by atoms with E-state index in [9.17, 15) is 0 Å². The molecule has 2 heteroatoms. The van der Waals surface area contributed by atoms with Gasteiger partial charge in [-0.3, -0.25) is 0 Å². The van der Waals surface area contributed by atoms with Gasteiger partial charge in [0.1, 0.15) is 0 Å². The minimum Gasteiger partial charge on any atom is -0.317 e. The van der Waals surface area contributed by atoms with Crippen LogP contribution < -0.4 is 5.32 Å². The third-order valence-electron chi connectivity index (χ3n) is 1.97. The summed E-state index contributed by atoms with van der Waals surface area (Å²) in [5.74, 6) is 0. The van der Waals surface area contributed by atoms with Crippen molar-refractivity contribution in [2.75, 3.05) is 13.1 Å². The Labute approximate surface area is 98.8 Å². The Balaban J connectivity index is 0.000000241. The highest BCUT2D eigenvalue weighted by atomic mass is 35.5. The van der Waals surface area contributed by atoms with E-state index in [1.54, 1.807) is 0 Å². The maximum absolute atomic E-state index is 5.61. The molecule has 1 fully saturated rings. The Morgan fingerprint density at radius 1 is 1.00 bits per heavy atom. The van der Waals surface area contributed by atoms with Crippen molar-refractivity contribution in [3.63, 3.8) is 0 Å². The molecule has 1 aromatic rings. The molecule has 1 saturated heterocycles. The molecule has 2 rings (SSSR count). The first-order valence-electron chi connectivity index (χ1n) is 5.72. The van der Waals surface area contributed by atoms with E-state index < -0.39 is 0 Å². The molecule has 0 unspecified atom stereocenters. The van der Waals surface area contributed by atoms with Crippen molar-refractivity contribution >= 4 is 11.6 Å². The maximum Gasteiger partial charge on any atom is 0.0406 e. The Morgan fingerprint density at radius 2 is 1.47 bits per heavy atom. The van der Waals surface area contributed by atoms with Gasteiger partial charge in [-0.1, -0.05) is 43.1 Å². The average molecular weight is 228 g/mol. The van der Waals surface area contributed by atoms with Crippen LogP contribution in [0.2, 0.25) is 5.02 Å². The summed E-state index contributed by atoms with van der Waals surface area (Å²) in [6.07, 6.45) is 2.78. The molecule has 0 amide bonds. The molecule has 0 aromatic heterocycles. The maximum atomic E-state index is 5.61. The number of aryl methyl sites for hydroxylation is 1. The molecule has 86 valence electrons. The van der Waals surface area contributed by atoms with Crippen molar-refractivity contribution < 1.29 is 0 Å². The van der Waals surface area contributed by atoms with E-state index in [0.29, 0.717) is 0 Å². The third kappa shape index (κ3) is 8.46. The zero-order valence-corrected chi connectivity index (χ0v) is 10.8. The second kappa shape index (κ2) is 10.0. The lowest BCUT2D eigenvalue weighted by molar-refractivity contribution is 0.857. The summed E-state index contributed by atoms with van der Waals surface area (Å²) < 4.78 is 0. The highest BCUT2D eigenvalue weighted by molar-refractivity contribution is 6.30. The van der Waals surface area contributed by atoms with Crippen molar-refractivity contribution in [1.29, 1.82) is 0 Å². The van der Waals surface area contributed by atoms with E-state index in [1.165, 1.54) is 31.5 Å². The Bertz CT molecular complexity index is 198. The summed E-state index contributed by atoms with van der Waals surface area (Å²) >= 11 is 5.61. The zero-order valence-electron chi connectivity index (χ0n) is 10.0. The van der Waals surface area contributed by atoms with E-state index in [0.717, 1.165) is 5.02 Å². The molecule has 1 nitrogen and oxygen atoms in total. The van der Waals surface area contributed by atoms with Crippen LogP contribution in [0.3, 0.4) is 0 Å². The minimum absolute atomic E-state index is 0.801. The molecule has 0 spiro atoms. The topological polar surface area (TPSA) is 12.0 Å². The minimum atomic E-state index is 0.801. The van der Waals surface area contributed by atoms with Gasteiger partial charge in [0.25, 0.3) is 0 Å². The summed E-state index contributed by atoms with van der Waals surface area (Å²) in [6, 6.07) is 7.75. The molecule has 1 aromatic carbocycles. The van der Waals surface area contributed by atoms with Crippen molar-refractivity contribution in [2.24, 2.45) is 0 Å². The van der Waals surface area contributed by atoms with Gasteiger partial charge >= 0.3 is 0 Å². The van der Waals surface area contributed by atoms with Gasteiger partial charge in [-0.2, -0.15) is 0 Å². The summed E-state index contributed by atoms with van der Waals surface area (Å²) in [5, 5.41) is 4.02. The molecule has 0 aliphatic carbocycles. The molecule has 0 bridgehead atoms. The molecule has 1 aliphatic heterocycles. The number of nitrogens with one attached hydrogen (secondary N) is 1. The fourth-order valence-electron chi connectivity index (χ4n) is 1.16. The molecule has 15 heavy (non-hydrogen) atoms. The SMILES string of the molecule is C1CCNC1.CC.Cc1ccc(Cl)cc1. The normalized spacial score (nSPS) is 13.3. The van der Waals surface area contributed by atoms with Gasteiger partial charge in [0.05, 0.1) is 0 Å². The first kappa shape index (κ1) is 14.5. The Morgan fingerprint density at radius 3 is 1.73 bits per heavy atom. The van der Waals surface area contributed by atoms with Crippen molar-refractivity contribution in [2.45, 2.75) is 33.6 Å². The van der Waals surface area contributed by atoms with Gasteiger partial charge in [-0.05, 0) is 45.0 Å². The quantitative estimate of drug-likeness (QED) is 0.705. The molecule has 1 N–H and O–H groups in total. The number of rotatable bonds is 0. The van der Waals surface area contributed by atoms with Gasteiger partial charge in [0, 0.05) is 5.02 Å². The smallest absolute Gasteiger partial charge is 0.0406 e. The molecular weight excluding hydrogens is 206 g/mol. The fourth-order valence-corrected chi connectivity index (χ4v) is 1.28. The molecule has 1 heterocycles. The van der Waals surface area contributed by atoms with Crippen LogP contribution in [0, 0.1) is 6.92 Å². The van der Waals surface area contributed by atoms with Crippen LogP contribution in [0.5, 0.6) is 0 Å². The van der Waals surface area contributed by atoms with Crippen LogP contribution in [-0.4, -0.2) is 13.1 Å². The predicted molar refractivity (Wildman–Crippen MR) is 69.6 cm³/mol. The van der Waals surface area contributed by atoms with Gasteiger partial charge < -0.3 is 5.32 Å². The van der Waals surface area contributed by atoms with Crippen LogP contribution >= 0.6 is 11.6 Å². The highest BCUT2D eigenvalue weighted by Crippen LogP contribution is 2.07. The van der Waals surface area contributed by atoms with Crippen LogP contribution in [0.1, 0.15) is 32.3 Å². The van der Waals surface area contributed by atoms with Gasteiger partial charge in [0.2, 0.25) is 0 Å². The van der Waals surface area contributed by atoms with E-state index in [2.05, 4.69) is 5.32 Å². The summed E-state index contributed by atoms with van der Waals surface area (Å²) in [5.41, 5.74) is 1.24.